The molecule has 0 atom stereocenters. The first kappa shape index (κ1) is 38.1. The summed E-state index contributed by atoms with van der Waals surface area (Å²) in [5.41, 5.74) is 18.1. The van der Waals surface area contributed by atoms with E-state index in [9.17, 15) is 0 Å². The van der Waals surface area contributed by atoms with E-state index in [1.807, 2.05) is 31.3 Å². The zero-order valence-electron chi connectivity index (χ0n) is 34.7. The predicted octanol–water partition coefficient (Wildman–Crippen LogP) is 16.5. The molecule has 3 heteroatoms. The van der Waals surface area contributed by atoms with Crippen molar-refractivity contribution in [3.8, 4) is 33.4 Å². The maximum Gasteiger partial charge on any atom is 0.0467 e. The quantitative estimate of drug-likeness (QED) is 0.182. The summed E-state index contributed by atoms with van der Waals surface area (Å²) in [6, 6.07) is 65.5. The van der Waals surface area contributed by atoms with Crippen LogP contribution in [0.15, 0.2) is 182 Å². The van der Waals surface area contributed by atoms with Crippen LogP contribution in [-0.4, -0.2) is 0 Å². The fraction of sp³-hybridized carbons (Fsp3) is 0.143. The minimum absolute atomic E-state index is 0.0108. The highest BCUT2D eigenvalue weighted by atomic mass is 32.1. The third-order valence-electron chi connectivity index (χ3n) is 12.1. The molecule has 2 aliphatic rings. The molecule has 0 fully saturated rings. The summed E-state index contributed by atoms with van der Waals surface area (Å²) in [5.74, 6) is 0. The predicted molar refractivity (Wildman–Crippen MR) is 257 cm³/mol. The molecule has 59 heavy (non-hydrogen) atoms. The Morgan fingerprint density at radius 1 is 0.373 bits per heavy atom. The first-order valence-corrected chi connectivity index (χ1v) is 21.7. The Balaban J connectivity index is 0.000000148. The smallest absolute Gasteiger partial charge is 0.0467 e. The van der Waals surface area contributed by atoms with E-state index in [0.29, 0.717) is 0 Å². The molecule has 0 bridgehead atoms. The normalized spacial score (nSPS) is 13.5. The molecule has 1 heterocycles. The van der Waals surface area contributed by atoms with Crippen molar-refractivity contribution in [1.82, 2.24) is 0 Å². The monoisotopic (exact) mass is 782 g/mol. The van der Waals surface area contributed by atoms with Crippen LogP contribution in [0.4, 0.5) is 22.7 Å². The van der Waals surface area contributed by atoms with Crippen LogP contribution in [0.2, 0.25) is 0 Å². The molecule has 2 N–H and O–H groups in total. The van der Waals surface area contributed by atoms with Crippen LogP contribution in [0.3, 0.4) is 0 Å². The van der Waals surface area contributed by atoms with E-state index < -0.39 is 0 Å². The van der Waals surface area contributed by atoms with E-state index in [0.717, 1.165) is 17.1 Å². The van der Waals surface area contributed by atoms with E-state index in [2.05, 4.69) is 214 Å². The molecule has 1 aromatic heterocycles. The molecular formula is C56H50N2S. The summed E-state index contributed by atoms with van der Waals surface area (Å²) in [7, 11) is 0. The SMILES string of the molecule is CC.CC1(C)c2ccccc2-c2ccc(Nc3cccc4c3-c3ccccc3C4(C)C)cc21.c1ccc(-c2ccc(Nc3ccc4sc5ccccc5c4c3)cc2)cc1. The van der Waals surface area contributed by atoms with Crippen molar-refractivity contribution < 1.29 is 0 Å². The van der Waals surface area contributed by atoms with Gasteiger partial charge in [0.1, 0.15) is 0 Å². The second-order valence-electron chi connectivity index (χ2n) is 16.3. The van der Waals surface area contributed by atoms with Crippen LogP contribution in [0.5, 0.6) is 0 Å². The van der Waals surface area contributed by atoms with Crippen molar-refractivity contribution in [2.45, 2.75) is 52.4 Å². The van der Waals surface area contributed by atoms with Crippen LogP contribution in [0.25, 0.3) is 53.6 Å². The van der Waals surface area contributed by atoms with Crippen LogP contribution >= 0.6 is 11.3 Å². The fourth-order valence-corrected chi connectivity index (χ4v) is 10.2. The number of thiophene rings is 1. The molecule has 0 amide bonds. The number of nitrogens with one attached hydrogen (secondary N) is 2. The van der Waals surface area contributed by atoms with Gasteiger partial charge in [0.15, 0.2) is 0 Å². The molecule has 2 aliphatic carbocycles. The van der Waals surface area contributed by atoms with Crippen molar-refractivity contribution in [3.63, 3.8) is 0 Å². The number of fused-ring (bicyclic) bond motifs is 9. The molecule has 0 radical (unpaired) electrons. The minimum Gasteiger partial charge on any atom is -0.356 e. The Bertz CT molecular complexity index is 2950. The molecule has 9 aromatic rings. The van der Waals surface area contributed by atoms with Gasteiger partial charge in [-0.15, -0.1) is 11.3 Å². The summed E-state index contributed by atoms with van der Waals surface area (Å²) in [5, 5.41) is 9.96. The molecular weight excluding hydrogens is 733 g/mol. The maximum absolute atomic E-state index is 3.78. The Hall–Kier alpha value is -6.42. The third-order valence-corrected chi connectivity index (χ3v) is 13.3. The molecule has 290 valence electrons. The third kappa shape index (κ3) is 6.80. The van der Waals surface area contributed by atoms with Gasteiger partial charge < -0.3 is 10.6 Å². The minimum atomic E-state index is 0.0108. The van der Waals surface area contributed by atoms with Gasteiger partial charge in [-0.05, 0) is 105 Å². The van der Waals surface area contributed by atoms with Crippen molar-refractivity contribution >= 4 is 54.3 Å². The first-order valence-electron chi connectivity index (χ1n) is 20.8. The van der Waals surface area contributed by atoms with Crippen LogP contribution in [0, 0.1) is 0 Å². The summed E-state index contributed by atoms with van der Waals surface area (Å²) in [6.07, 6.45) is 0. The Kier molecular flexibility index (Phi) is 9.95. The second-order valence-corrected chi connectivity index (χ2v) is 17.4. The Labute approximate surface area is 353 Å². The number of anilines is 4. The molecule has 0 saturated heterocycles. The lowest BCUT2D eigenvalue weighted by atomic mass is 9.82. The van der Waals surface area contributed by atoms with Crippen molar-refractivity contribution in [2.75, 3.05) is 10.6 Å². The van der Waals surface area contributed by atoms with Crippen LogP contribution < -0.4 is 10.6 Å². The highest BCUT2D eigenvalue weighted by Crippen LogP contribution is 2.53. The maximum atomic E-state index is 3.78. The lowest BCUT2D eigenvalue weighted by molar-refractivity contribution is 0.660. The van der Waals surface area contributed by atoms with E-state index in [1.54, 1.807) is 0 Å². The molecule has 11 rings (SSSR count). The topological polar surface area (TPSA) is 24.1 Å². The molecule has 0 unspecified atom stereocenters. The fourth-order valence-electron chi connectivity index (χ4n) is 9.14. The molecule has 0 saturated carbocycles. The lowest BCUT2D eigenvalue weighted by Crippen LogP contribution is -2.15. The largest absolute Gasteiger partial charge is 0.356 e. The van der Waals surface area contributed by atoms with Gasteiger partial charge in [-0.2, -0.15) is 0 Å². The number of hydrogen-bond acceptors (Lipinski definition) is 3. The second kappa shape index (κ2) is 15.4. The van der Waals surface area contributed by atoms with Gasteiger partial charge >= 0.3 is 0 Å². The molecule has 0 spiro atoms. The van der Waals surface area contributed by atoms with Gasteiger partial charge in [0, 0.05) is 59.3 Å². The van der Waals surface area contributed by atoms with Gasteiger partial charge in [-0.25, -0.2) is 0 Å². The standard InChI is InChI=1S/C30H27N.C24H17NS.C2H6/c1-29(2)24-13-8-6-11-22(24)28-25(29)14-9-15-27(28)31-19-16-17-21-20-10-5-7-12-23(20)30(3,4)26(21)18-19;1-2-6-17(7-3-1)18-10-12-19(13-11-18)25-20-14-15-24-22(16-20)21-8-4-5-9-23(21)26-24;1-2/h5-18,31H,1-4H3;1-16,25H;1-2H3. The van der Waals surface area contributed by atoms with E-state index in [-0.39, 0.29) is 10.8 Å². The lowest BCUT2D eigenvalue weighted by Gasteiger charge is -2.23. The van der Waals surface area contributed by atoms with Crippen molar-refractivity contribution in [2.24, 2.45) is 0 Å². The van der Waals surface area contributed by atoms with Gasteiger partial charge in [-0.1, -0.05) is 169 Å². The van der Waals surface area contributed by atoms with Crippen molar-refractivity contribution in [3.05, 3.63) is 204 Å². The zero-order chi connectivity index (χ0) is 40.7. The highest BCUT2D eigenvalue weighted by molar-refractivity contribution is 7.25. The highest BCUT2D eigenvalue weighted by Gasteiger charge is 2.37. The van der Waals surface area contributed by atoms with E-state index in [1.165, 1.54) is 81.5 Å². The van der Waals surface area contributed by atoms with E-state index >= 15 is 0 Å². The van der Waals surface area contributed by atoms with Gasteiger partial charge in [0.25, 0.3) is 0 Å². The van der Waals surface area contributed by atoms with Crippen molar-refractivity contribution in [1.29, 1.82) is 0 Å². The molecule has 8 aromatic carbocycles. The van der Waals surface area contributed by atoms with Crippen LogP contribution in [0.1, 0.15) is 63.8 Å². The summed E-state index contributed by atoms with van der Waals surface area (Å²) >= 11 is 1.85. The summed E-state index contributed by atoms with van der Waals surface area (Å²) in [4.78, 5) is 0. The Morgan fingerprint density at radius 2 is 0.915 bits per heavy atom. The van der Waals surface area contributed by atoms with Gasteiger partial charge in [0.2, 0.25) is 0 Å². The summed E-state index contributed by atoms with van der Waals surface area (Å²) in [6.45, 7) is 13.3. The van der Waals surface area contributed by atoms with E-state index in [4.69, 9.17) is 0 Å². The van der Waals surface area contributed by atoms with Gasteiger partial charge in [0.05, 0.1) is 0 Å². The number of benzene rings is 8. The average Bonchev–Trinajstić information content (AvgIpc) is 3.85. The summed E-state index contributed by atoms with van der Waals surface area (Å²) < 4.78 is 2.67. The number of hydrogen-bond donors (Lipinski definition) is 2. The average molecular weight is 783 g/mol. The Morgan fingerprint density at radius 3 is 1.69 bits per heavy atom. The molecule has 2 nitrogen and oxygen atoms in total. The number of rotatable bonds is 5. The molecule has 0 aliphatic heterocycles. The van der Waals surface area contributed by atoms with Gasteiger partial charge in [-0.3, -0.25) is 0 Å². The zero-order valence-corrected chi connectivity index (χ0v) is 35.5. The first-order chi connectivity index (χ1) is 28.8. The van der Waals surface area contributed by atoms with Crippen LogP contribution in [-0.2, 0) is 10.8 Å².